The topological polar surface area (TPSA) is 28.2 Å². The van der Waals surface area contributed by atoms with E-state index in [1.54, 1.807) is 0 Å². The van der Waals surface area contributed by atoms with E-state index < -0.39 is 0 Å². The molecule has 0 saturated heterocycles. The van der Waals surface area contributed by atoms with E-state index in [2.05, 4.69) is 27.5 Å². The van der Waals surface area contributed by atoms with Gasteiger partial charge in [-0.3, -0.25) is 4.98 Å². The Morgan fingerprint density at radius 2 is 2.00 bits per heavy atom. The molecule has 0 aromatic carbocycles. The Bertz CT molecular complexity index is 447. The zero-order valence-electron chi connectivity index (χ0n) is 11.5. The van der Waals surface area contributed by atoms with Crippen LogP contribution in [0.2, 0.25) is 0 Å². The van der Waals surface area contributed by atoms with Crippen molar-refractivity contribution in [3.05, 3.63) is 24.0 Å². The number of rotatable bonds is 7. The third-order valence-corrected chi connectivity index (χ3v) is 4.50. The van der Waals surface area contributed by atoms with Gasteiger partial charge in [0.1, 0.15) is 0 Å². The Hall–Kier alpha value is -1.09. The molecule has 0 radical (unpaired) electrons. The van der Waals surface area contributed by atoms with Gasteiger partial charge in [0.15, 0.2) is 0 Å². The SMILES string of the molecule is c1cc(CNC2CC2)c(N(CC2CC2)C2CC2)cn1. The van der Waals surface area contributed by atoms with Gasteiger partial charge < -0.3 is 10.2 Å². The van der Waals surface area contributed by atoms with Crippen LogP contribution in [0.1, 0.15) is 44.1 Å². The third kappa shape index (κ3) is 2.92. The van der Waals surface area contributed by atoms with Crippen molar-refractivity contribution in [1.82, 2.24) is 10.3 Å². The largest absolute Gasteiger partial charge is 0.367 e. The number of hydrogen-bond acceptors (Lipinski definition) is 3. The van der Waals surface area contributed by atoms with Gasteiger partial charge in [0.05, 0.1) is 11.9 Å². The van der Waals surface area contributed by atoms with Gasteiger partial charge >= 0.3 is 0 Å². The van der Waals surface area contributed by atoms with Gasteiger partial charge in [0, 0.05) is 31.4 Å². The second-order valence-corrected chi connectivity index (χ2v) is 6.49. The molecule has 19 heavy (non-hydrogen) atoms. The Balaban J connectivity index is 1.52. The van der Waals surface area contributed by atoms with Crippen LogP contribution in [0.4, 0.5) is 5.69 Å². The minimum Gasteiger partial charge on any atom is -0.367 e. The van der Waals surface area contributed by atoms with E-state index in [4.69, 9.17) is 0 Å². The van der Waals surface area contributed by atoms with Crippen molar-refractivity contribution in [2.24, 2.45) is 5.92 Å². The predicted molar refractivity (Wildman–Crippen MR) is 77.2 cm³/mol. The molecule has 0 spiro atoms. The molecule has 1 heterocycles. The molecule has 102 valence electrons. The first-order valence-electron chi connectivity index (χ1n) is 7.83. The summed E-state index contributed by atoms with van der Waals surface area (Å²) < 4.78 is 0. The zero-order chi connectivity index (χ0) is 12.7. The van der Waals surface area contributed by atoms with Crippen molar-refractivity contribution >= 4 is 5.69 Å². The summed E-state index contributed by atoms with van der Waals surface area (Å²) >= 11 is 0. The van der Waals surface area contributed by atoms with E-state index in [-0.39, 0.29) is 0 Å². The summed E-state index contributed by atoms with van der Waals surface area (Å²) in [6, 6.07) is 3.77. The first-order chi connectivity index (χ1) is 9.40. The maximum atomic E-state index is 4.38. The van der Waals surface area contributed by atoms with Gasteiger partial charge in [-0.25, -0.2) is 0 Å². The quantitative estimate of drug-likeness (QED) is 0.814. The lowest BCUT2D eigenvalue weighted by Gasteiger charge is -2.27. The summed E-state index contributed by atoms with van der Waals surface area (Å²) in [5.74, 6) is 0.949. The summed E-state index contributed by atoms with van der Waals surface area (Å²) in [7, 11) is 0. The smallest absolute Gasteiger partial charge is 0.0600 e. The standard InChI is InChI=1S/C16H23N3/c1-2-12(1)11-19(15-5-6-15)16-10-17-8-7-13(16)9-18-14-3-4-14/h7-8,10,12,14-15,18H,1-6,9,11H2. The van der Waals surface area contributed by atoms with E-state index >= 15 is 0 Å². The molecule has 0 amide bonds. The second kappa shape index (κ2) is 4.78. The fourth-order valence-electron chi connectivity index (χ4n) is 2.77. The number of anilines is 1. The van der Waals surface area contributed by atoms with Crippen molar-refractivity contribution in [3.8, 4) is 0 Å². The van der Waals surface area contributed by atoms with Crippen LogP contribution < -0.4 is 10.2 Å². The number of nitrogens with zero attached hydrogens (tertiary/aromatic N) is 2. The molecule has 1 aromatic rings. The van der Waals surface area contributed by atoms with Crippen LogP contribution in [0.3, 0.4) is 0 Å². The van der Waals surface area contributed by atoms with Crippen LogP contribution >= 0.6 is 0 Å². The molecule has 4 rings (SSSR count). The van der Waals surface area contributed by atoms with Gasteiger partial charge in [0.25, 0.3) is 0 Å². The fraction of sp³-hybridized carbons (Fsp3) is 0.688. The minimum atomic E-state index is 0.777. The van der Waals surface area contributed by atoms with Crippen molar-refractivity contribution in [1.29, 1.82) is 0 Å². The maximum Gasteiger partial charge on any atom is 0.0600 e. The van der Waals surface area contributed by atoms with Gasteiger partial charge in [-0.05, 0) is 56.1 Å². The van der Waals surface area contributed by atoms with Gasteiger partial charge in [-0.1, -0.05) is 0 Å². The summed E-state index contributed by atoms with van der Waals surface area (Å²) in [6.45, 7) is 2.27. The molecule has 3 aliphatic rings. The Morgan fingerprint density at radius 3 is 2.68 bits per heavy atom. The van der Waals surface area contributed by atoms with E-state index in [0.29, 0.717) is 0 Å². The molecular formula is C16H23N3. The van der Waals surface area contributed by atoms with Gasteiger partial charge in [-0.2, -0.15) is 0 Å². The summed E-state index contributed by atoms with van der Waals surface area (Å²) in [5, 5.41) is 3.64. The summed E-state index contributed by atoms with van der Waals surface area (Å²) in [5.41, 5.74) is 2.83. The monoisotopic (exact) mass is 257 g/mol. The second-order valence-electron chi connectivity index (χ2n) is 6.49. The van der Waals surface area contributed by atoms with E-state index in [0.717, 1.165) is 24.5 Å². The molecule has 0 atom stereocenters. The molecule has 0 aliphatic heterocycles. The first-order valence-corrected chi connectivity index (χ1v) is 7.83. The molecule has 3 fully saturated rings. The highest BCUT2D eigenvalue weighted by atomic mass is 15.2. The fourth-order valence-corrected chi connectivity index (χ4v) is 2.77. The van der Waals surface area contributed by atoms with Crippen LogP contribution in [0.25, 0.3) is 0 Å². The number of pyridine rings is 1. The lowest BCUT2D eigenvalue weighted by atomic mass is 10.2. The molecule has 1 N–H and O–H groups in total. The molecule has 1 aromatic heterocycles. The lowest BCUT2D eigenvalue weighted by Crippen LogP contribution is -2.30. The van der Waals surface area contributed by atoms with Crippen molar-refractivity contribution < 1.29 is 0 Å². The van der Waals surface area contributed by atoms with Crippen LogP contribution in [0, 0.1) is 5.92 Å². The van der Waals surface area contributed by atoms with Crippen LogP contribution in [-0.2, 0) is 6.54 Å². The average Bonchev–Trinajstić information content (AvgIpc) is 3.29. The van der Waals surface area contributed by atoms with Gasteiger partial charge in [-0.15, -0.1) is 0 Å². The number of aromatic nitrogens is 1. The number of hydrogen-bond donors (Lipinski definition) is 1. The summed E-state index contributed by atoms with van der Waals surface area (Å²) in [6.07, 6.45) is 12.3. The minimum absolute atomic E-state index is 0.777. The molecule has 3 saturated carbocycles. The van der Waals surface area contributed by atoms with Crippen molar-refractivity contribution in [3.63, 3.8) is 0 Å². The first kappa shape index (κ1) is 11.7. The molecule has 3 aliphatic carbocycles. The zero-order valence-corrected chi connectivity index (χ0v) is 11.5. The Labute approximate surface area is 115 Å². The van der Waals surface area contributed by atoms with Gasteiger partial charge in [0.2, 0.25) is 0 Å². The van der Waals surface area contributed by atoms with Crippen molar-refractivity contribution in [2.75, 3.05) is 11.4 Å². The third-order valence-electron chi connectivity index (χ3n) is 4.50. The van der Waals surface area contributed by atoms with Crippen molar-refractivity contribution in [2.45, 2.75) is 57.2 Å². The van der Waals surface area contributed by atoms with Crippen LogP contribution in [-0.4, -0.2) is 23.6 Å². The predicted octanol–water partition coefficient (Wildman–Crippen LogP) is 2.71. The molecule has 0 bridgehead atoms. The van der Waals surface area contributed by atoms with E-state index in [1.807, 2.05) is 6.20 Å². The van der Waals surface area contributed by atoms with Crippen LogP contribution in [0.5, 0.6) is 0 Å². The van der Waals surface area contributed by atoms with Crippen LogP contribution in [0.15, 0.2) is 18.5 Å². The normalized spacial score (nSPS) is 22.5. The lowest BCUT2D eigenvalue weighted by molar-refractivity contribution is 0.672. The Kier molecular flexibility index (Phi) is 2.95. The molecule has 0 unspecified atom stereocenters. The highest BCUT2D eigenvalue weighted by molar-refractivity contribution is 5.53. The highest BCUT2D eigenvalue weighted by Crippen LogP contribution is 2.38. The van der Waals surface area contributed by atoms with E-state index in [9.17, 15) is 0 Å². The number of nitrogens with one attached hydrogen (secondary N) is 1. The molecule has 3 nitrogen and oxygen atoms in total. The Morgan fingerprint density at radius 1 is 1.16 bits per heavy atom. The maximum absolute atomic E-state index is 4.38. The molecule has 3 heteroatoms. The highest BCUT2D eigenvalue weighted by Gasteiger charge is 2.34. The average molecular weight is 257 g/mol. The molecular weight excluding hydrogens is 234 g/mol. The van der Waals surface area contributed by atoms with E-state index in [1.165, 1.54) is 56.3 Å². The summed E-state index contributed by atoms with van der Waals surface area (Å²) in [4.78, 5) is 7.02.